The second-order valence-electron chi connectivity index (χ2n) is 4.51. The monoisotopic (exact) mass is 328 g/mol. The van der Waals surface area contributed by atoms with Crippen molar-refractivity contribution in [2.75, 3.05) is 0 Å². The maximum atomic E-state index is 12.3. The van der Waals surface area contributed by atoms with Crippen LogP contribution in [0.25, 0.3) is 0 Å². The summed E-state index contributed by atoms with van der Waals surface area (Å²) >= 11 is 1.46. The van der Waals surface area contributed by atoms with Crippen LogP contribution in [-0.2, 0) is 16.6 Å². The fourth-order valence-corrected chi connectivity index (χ4v) is 4.04. The Morgan fingerprint density at radius 2 is 2.24 bits per heavy atom. The van der Waals surface area contributed by atoms with Crippen molar-refractivity contribution in [3.8, 4) is 0 Å². The van der Waals surface area contributed by atoms with E-state index in [-0.39, 0.29) is 16.6 Å². The standard InChI is InChI=1S/C13H16N2O4S2/c1-3-15-8-10(7-11(15)13(16)17)21(18,19)14-9(2)12-5-4-6-20-12/h4-9,14H,3H2,1-2H3,(H,16,17)/t9-/m0/s1. The third kappa shape index (κ3) is 3.34. The average Bonchev–Trinajstić information content (AvgIpc) is 3.07. The minimum absolute atomic E-state index is 0.0369. The van der Waals surface area contributed by atoms with Gasteiger partial charge in [-0.05, 0) is 31.4 Å². The Bertz CT molecular complexity index is 732. The number of thiophene rings is 1. The molecule has 2 heterocycles. The number of sulfonamides is 1. The van der Waals surface area contributed by atoms with Crippen molar-refractivity contribution in [1.82, 2.24) is 9.29 Å². The molecular weight excluding hydrogens is 312 g/mol. The predicted octanol–water partition coefficient (Wildman–Crippen LogP) is 2.31. The van der Waals surface area contributed by atoms with E-state index in [2.05, 4.69) is 4.72 Å². The highest BCUT2D eigenvalue weighted by Gasteiger charge is 2.23. The summed E-state index contributed by atoms with van der Waals surface area (Å²) in [5, 5.41) is 10.9. The lowest BCUT2D eigenvalue weighted by atomic mass is 10.3. The van der Waals surface area contributed by atoms with Crippen LogP contribution in [-0.4, -0.2) is 24.1 Å². The van der Waals surface area contributed by atoms with Gasteiger partial charge in [0.25, 0.3) is 0 Å². The van der Waals surface area contributed by atoms with Crippen LogP contribution < -0.4 is 4.72 Å². The van der Waals surface area contributed by atoms with Crippen molar-refractivity contribution in [1.29, 1.82) is 0 Å². The lowest BCUT2D eigenvalue weighted by Crippen LogP contribution is -2.26. The summed E-state index contributed by atoms with van der Waals surface area (Å²) in [7, 11) is -3.76. The van der Waals surface area contributed by atoms with Crippen LogP contribution in [0, 0.1) is 0 Å². The molecule has 0 amide bonds. The first-order valence-electron chi connectivity index (χ1n) is 6.34. The molecule has 2 rings (SSSR count). The lowest BCUT2D eigenvalue weighted by Gasteiger charge is -2.11. The van der Waals surface area contributed by atoms with Gasteiger partial charge in [-0.2, -0.15) is 0 Å². The second-order valence-corrected chi connectivity index (χ2v) is 7.20. The molecule has 0 aromatic carbocycles. The van der Waals surface area contributed by atoms with Crippen molar-refractivity contribution in [2.24, 2.45) is 0 Å². The molecule has 0 radical (unpaired) electrons. The zero-order valence-corrected chi connectivity index (χ0v) is 13.2. The van der Waals surface area contributed by atoms with E-state index < -0.39 is 16.0 Å². The summed E-state index contributed by atoms with van der Waals surface area (Å²) < 4.78 is 28.6. The minimum Gasteiger partial charge on any atom is -0.477 e. The van der Waals surface area contributed by atoms with Crippen molar-refractivity contribution in [2.45, 2.75) is 31.3 Å². The number of carbonyl (C=O) groups is 1. The lowest BCUT2D eigenvalue weighted by molar-refractivity contribution is 0.0685. The maximum Gasteiger partial charge on any atom is 0.352 e. The fourth-order valence-electron chi connectivity index (χ4n) is 1.97. The quantitative estimate of drug-likeness (QED) is 0.851. The van der Waals surface area contributed by atoms with Gasteiger partial charge in [-0.1, -0.05) is 6.07 Å². The number of aromatic nitrogens is 1. The molecule has 0 aliphatic heterocycles. The van der Waals surface area contributed by atoms with E-state index in [1.165, 1.54) is 28.2 Å². The molecule has 0 spiro atoms. The number of aryl methyl sites for hydroxylation is 1. The second kappa shape index (κ2) is 6.00. The Morgan fingerprint density at radius 3 is 2.71 bits per heavy atom. The molecule has 0 saturated heterocycles. The highest BCUT2D eigenvalue weighted by molar-refractivity contribution is 7.89. The molecular formula is C13H16N2O4S2. The van der Waals surface area contributed by atoms with Crippen LogP contribution in [0.4, 0.5) is 0 Å². The van der Waals surface area contributed by atoms with Crippen molar-refractivity contribution in [3.63, 3.8) is 0 Å². The first kappa shape index (κ1) is 15.7. The zero-order valence-electron chi connectivity index (χ0n) is 11.6. The normalized spacial score (nSPS) is 13.2. The SMILES string of the molecule is CCn1cc(S(=O)(=O)N[C@@H](C)c2cccs2)cc1C(=O)O. The number of aromatic carboxylic acids is 1. The predicted molar refractivity (Wildman–Crippen MR) is 80.1 cm³/mol. The minimum atomic E-state index is -3.76. The number of hydrogen-bond acceptors (Lipinski definition) is 4. The van der Waals surface area contributed by atoms with E-state index in [1.807, 2.05) is 17.5 Å². The summed E-state index contributed by atoms with van der Waals surface area (Å²) in [5.41, 5.74) is -0.0401. The van der Waals surface area contributed by atoms with Crippen molar-refractivity contribution in [3.05, 3.63) is 40.3 Å². The molecule has 0 fully saturated rings. The Hall–Kier alpha value is -1.64. The van der Waals surface area contributed by atoms with Crippen LogP contribution in [0.5, 0.6) is 0 Å². The van der Waals surface area contributed by atoms with Crippen molar-refractivity contribution < 1.29 is 18.3 Å². The molecule has 21 heavy (non-hydrogen) atoms. The van der Waals surface area contributed by atoms with Gasteiger partial charge in [0.05, 0.1) is 6.04 Å². The number of hydrogen-bond donors (Lipinski definition) is 2. The smallest absolute Gasteiger partial charge is 0.352 e. The Morgan fingerprint density at radius 1 is 1.52 bits per heavy atom. The first-order chi connectivity index (χ1) is 9.85. The van der Waals surface area contributed by atoms with Crippen LogP contribution in [0.3, 0.4) is 0 Å². The van der Waals surface area contributed by atoms with E-state index in [9.17, 15) is 13.2 Å². The summed E-state index contributed by atoms with van der Waals surface area (Å²) in [6, 6.07) is 4.50. The number of nitrogens with zero attached hydrogens (tertiary/aromatic N) is 1. The van der Waals surface area contributed by atoms with Gasteiger partial charge in [0.2, 0.25) is 10.0 Å². The molecule has 114 valence electrons. The van der Waals surface area contributed by atoms with E-state index in [4.69, 9.17) is 5.11 Å². The van der Waals surface area contributed by atoms with E-state index >= 15 is 0 Å². The summed E-state index contributed by atoms with van der Waals surface area (Å²) in [5.74, 6) is -1.15. The molecule has 0 saturated carbocycles. The number of nitrogens with one attached hydrogen (secondary N) is 1. The van der Waals surface area contributed by atoms with E-state index in [0.29, 0.717) is 6.54 Å². The molecule has 0 aliphatic rings. The van der Waals surface area contributed by atoms with Gasteiger partial charge in [-0.15, -0.1) is 11.3 Å². The summed E-state index contributed by atoms with van der Waals surface area (Å²) in [6.45, 7) is 3.89. The third-order valence-corrected chi connectivity index (χ3v) is 5.61. The molecule has 6 nitrogen and oxygen atoms in total. The van der Waals surface area contributed by atoms with Crippen LogP contribution >= 0.6 is 11.3 Å². The van der Waals surface area contributed by atoms with Gasteiger partial charge in [0, 0.05) is 17.6 Å². The van der Waals surface area contributed by atoms with Gasteiger partial charge in [0.1, 0.15) is 10.6 Å². The molecule has 2 N–H and O–H groups in total. The largest absolute Gasteiger partial charge is 0.477 e. The van der Waals surface area contributed by atoms with E-state index in [1.54, 1.807) is 13.8 Å². The molecule has 0 aliphatic carbocycles. The third-order valence-electron chi connectivity index (χ3n) is 3.04. The Labute approximate surface area is 127 Å². The molecule has 8 heteroatoms. The van der Waals surface area contributed by atoms with Gasteiger partial charge < -0.3 is 9.67 Å². The Balaban J connectivity index is 2.29. The first-order valence-corrected chi connectivity index (χ1v) is 8.70. The number of rotatable bonds is 6. The highest BCUT2D eigenvalue weighted by Crippen LogP contribution is 2.22. The maximum absolute atomic E-state index is 12.3. The van der Waals surface area contributed by atoms with E-state index in [0.717, 1.165) is 4.88 Å². The Kier molecular flexibility index (Phi) is 4.50. The summed E-state index contributed by atoms with van der Waals surface area (Å²) in [6.07, 6.45) is 1.34. The highest BCUT2D eigenvalue weighted by atomic mass is 32.2. The van der Waals surface area contributed by atoms with Gasteiger partial charge in [0.15, 0.2) is 0 Å². The summed E-state index contributed by atoms with van der Waals surface area (Å²) in [4.78, 5) is 12.0. The molecule has 0 unspecified atom stereocenters. The zero-order chi connectivity index (χ0) is 15.6. The van der Waals surface area contributed by atoms with Crippen LogP contribution in [0.2, 0.25) is 0 Å². The average molecular weight is 328 g/mol. The molecule has 1 atom stereocenters. The van der Waals surface area contributed by atoms with Crippen LogP contribution in [0.15, 0.2) is 34.7 Å². The molecule has 2 aromatic rings. The van der Waals surface area contributed by atoms with Crippen LogP contribution in [0.1, 0.15) is 35.3 Å². The number of carboxylic acid groups (broad SMARTS) is 1. The van der Waals surface area contributed by atoms with Gasteiger partial charge >= 0.3 is 5.97 Å². The topological polar surface area (TPSA) is 88.4 Å². The fraction of sp³-hybridized carbons (Fsp3) is 0.308. The molecule has 2 aromatic heterocycles. The van der Waals surface area contributed by atoms with Gasteiger partial charge in [-0.3, -0.25) is 0 Å². The number of carboxylic acids is 1. The van der Waals surface area contributed by atoms with Crippen molar-refractivity contribution >= 4 is 27.3 Å². The molecule has 0 bridgehead atoms. The van der Waals surface area contributed by atoms with Gasteiger partial charge in [-0.25, -0.2) is 17.9 Å².